The average Bonchev–Trinajstić information content (AvgIpc) is 2.83. The van der Waals surface area contributed by atoms with Gasteiger partial charge in [0.2, 0.25) is 0 Å². The molecular formula is C11H8NO4S2-. The molecule has 0 aliphatic rings. The first-order chi connectivity index (χ1) is 8.50. The standard InChI is InChI=1S/C11H9NO4S2/c13-11(14)8-4-1-2-5-9(8)12-18(15,16)10-6-3-7-17-10/h1-7,12H,(H,13,14)/p-1. The van der Waals surface area contributed by atoms with Gasteiger partial charge in [-0.3, -0.25) is 4.72 Å². The topological polar surface area (TPSA) is 86.3 Å². The van der Waals surface area contributed by atoms with Crippen LogP contribution >= 0.6 is 11.3 Å². The number of nitrogens with one attached hydrogen (secondary N) is 1. The zero-order valence-corrected chi connectivity index (χ0v) is 10.6. The number of carboxylic acids is 1. The van der Waals surface area contributed by atoms with E-state index in [1.807, 2.05) is 0 Å². The zero-order chi connectivity index (χ0) is 13.2. The summed E-state index contributed by atoms with van der Waals surface area (Å²) in [5.41, 5.74) is -0.205. The molecule has 2 aromatic rings. The summed E-state index contributed by atoms with van der Waals surface area (Å²) in [6.45, 7) is 0. The Morgan fingerprint density at radius 1 is 1.17 bits per heavy atom. The summed E-state index contributed by atoms with van der Waals surface area (Å²) in [5.74, 6) is -1.43. The van der Waals surface area contributed by atoms with Gasteiger partial charge in [-0.2, -0.15) is 0 Å². The monoisotopic (exact) mass is 282 g/mol. The van der Waals surface area contributed by atoms with Crippen LogP contribution in [0, 0.1) is 0 Å². The van der Waals surface area contributed by atoms with E-state index in [-0.39, 0.29) is 15.5 Å². The highest BCUT2D eigenvalue weighted by molar-refractivity contribution is 7.94. The van der Waals surface area contributed by atoms with Crippen molar-refractivity contribution in [1.82, 2.24) is 0 Å². The minimum atomic E-state index is -3.75. The molecule has 0 unspecified atom stereocenters. The molecule has 0 radical (unpaired) electrons. The van der Waals surface area contributed by atoms with Crippen molar-refractivity contribution in [3.8, 4) is 0 Å². The predicted molar refractivity (Wildman–Crippen MR) is 65.9 cm³/mol. The van der Waals surface area contributed by atoms with Crippen molar-refractivity contribution in [2.45, 2.75) is 4.21 Å². The summed E-state index contributed by atoms with van der Waals surface area (Å²) in [5, 5.41) is 12.5. The maximum absolute atomic E-state index is 11.9. The number of hydrogen-bond acceptors (Lipinski definition) is 5. The second-order valence-corrected chi connectivity index (χ2v) is 6.23. The van der Waals surface area contributed by atoms with Crippen LogP contribution < -0.4 is 9.83 Å². The lowest BCUT2D eigenvalue weighted by atomic mass is 10.2. The smallest absolute Gasteiger partial charge is 0.271 e. The highest BCUT2D eigenvalue weighted by Gasteiger charge is 2.16. The second-order valence-electron chi connectivity index (χ2n) is 3.37. The number of carboxylic acid groups (broad SMARTS) is 1. The largest absolute Gasteiger partial charge is 0.545 e. The summed E-state index contributed by atoms with van der Waals surface area (Å²) >= 11 is 1.05. The number of aromatic carboxylic acids is 1. The molecule has 0 amide bonds. The van der Waals surface area contributed by atoms with Crippen molar-refractivity contribution in [3.05, 3.63) is 47.3 Å². The van der Waals surface area contributed by atoms with Crippen LogP contribution in [-0.2, 0) is 10.0 Å². The zero-order valence-electron chi connectivity index (χ0n) is 8.99. The molecule has 5 nitrogen and oxygen atoms in total. The van der Waals surface area contributed by atoms with Gasteiger partial charge in [-0.25, -0.2) is 8.42 Å². The molecular weight excluding hydrogens is 274 g/mol. The van der Waals surface area contributed by atoms with Crippen LogP contribution in [0.5, 0.6) is 0 Å². The molecule has 1 aromatic carbocycles. The first kappa shape index (κ1) is 12.6. The van der Waals surface area contributed by atoms with E-state index in [0.29, 0.717) is 0 Å². The maximum atomic E-state index is 11.9. The highest BCUT2D eigenvalue weighted by atomic mass is 32.2. The Bertz CT molecular complexity index is 662. The molecule has 18 heavy (non-hydrogen) atoms. The van der Waals surface area contributed by atoms with Gasteiger partial charge in [0.15, 0.2) is 0 Å². The number of thiophene rings is 1. The molecule has 0 spiro atoms. The normalized spacial score (nSPS) is 11.1. The van der Waals surface area contributed by atoms with Crippen LogP contribution in [0.25, 0.3) is 0 Å². The molecule has 0 saturated heterocycles. The van der Waals surface area contributed by atoms with Gasteiger partial charge in [0.1, 0.15) is 4.21 Å². The highest BCUT2D eigenvalue weighted by Crippen LogP contribution is 2.22. The first-order valence-electron chi connectivity index (χ1n) is 4.87. The van der Waals surface area contributed by atoms with Crippen LogP contribution in [-0.4, -0.2) is 14.4 Å². The van der Waals surface area contributed by atoms with Gasteiger partial charge in [-0.1, -0.05) is 24.3 Å². The lowest BCUT2D eigenvalue weighted by Crippen LogP contribution is -2.24. The van der Waals surface area contributed by atoms with Crippen LogP contribution in [0.2, 0.25) is 0 Å². The third-order valence-electron chi connectivity index (χ3n) is 2.15. The first-order valence-corrected chi connectivity index (χ1v) is 7.24. The molecule has 0 aliphatic carbocycles. The van der Waals surface area contributed by atoms with Gasteiger partial charge in [-0.15, -0.1) is 11.3 Å². The minimum absolute atomic E-state index is 0.00843. The van der Waals surface area contributed by atoms with Gasteiger partial charge in [0, 0.05) is 5.56 Å². The molecule has 94 valence electrons. The Morgan fingerprint density at radius 3 is 2.50 bits per heavy atom. The lowest BCUT2D eigenvalue weighted by molar-refractivity contribution is -0.254. The third-order valence-corrected chi connectivity index (χ3v) is 4.91. The van der Waals surface area contributed by atoms with Gasteiger partial charge in [0.25, 0.3) is 10.0 Å². The van der Waals surface area contributed by atoms with Crippen molar-refractivity contribution < 1.29 is 18.3 Å². The summed E-state index contributed by atoms with van der Waals surface area (Å²) in [4.78, 5) is 10.9. The van der Waals surface area contributed by atoms with Crippen LogP contribution in [0.4, 0.5) is 5.69 Å². The van der Waals surface area contributed by atoms with Crippen molar-refractivity contribution in [3.63, 3.8) is 0 Å². The number of para-hydroxylation sites is 1. The molecule has 2 rings (SSSR count). The van der Waals surface area contributed by atoms with E-state index >= 15 is 0 Å². The number of anilines is 1. The second kappa shape index (κ2) is 4.79. The number of rotatable bonds is 4. The SMILES string of the molecule is O=C([O-])c1ccccc1NS(=O)(=O)c1cccs1. The van der Waals surface area contributed by atoms with E-state index < -0.39 is 16.0 Å². The van der Waals surface area contributed by atoms with Crippen molar-refractivity contribution in [1.29, 1.82) is 0 Å². The molecule has 1 aromatic heterocycles. The quantitative estimate of drug-likeness (QED) is 0.903. The van der Waals surface area contributed by atoms with E-state index in [9.17, 15) is 18.3 Å². The summed E-state index contributed by atoms with van der Waals surface area (Å²) in [6, 6.07) is 8.73. The molecule has 1 N–H and O–H groups in total. The van der Waals surface area contributed by atoms with Gasteiger partial charge in [0.05, 0.1) is 11.7 Å². The number of carbonyl (C=O) groups is 1. The number of benzene rings is 1. The van der Waals surface area contributed by atoms with Crippen LogP contribution in [0.15, 0.2) is 46.0 Å². The molecule has 0 atom stereocenters. The van der Waals surface area contributed by atoms with E-state index in [1.165, 1.54) is 24.3 Å². The number of carbonyl (C=O) groups excluding carboxylic acids is 1. The Labute approximate surface area is 108 Å². The van der Waals surface area contributed by atoms with Gasteiger partial charge in [-0.05, 0) is 17.5 Å². The molecule has 0 saturated carbocycles. The molecule has 0 bridgehead atoms. The predicted octanol–water partition coefficient (Wildman–Crippen LogP) is 0.912. The van der Waals surface area contributed by atoms with E-state index in [1.54, 1.807) is 17.5 Å². The molecule has 1 heterocycles. The Morgan fingerprint density at radius 2 is 1.89 bits per heavy atom. The Hall–Kier alpha value is -1.86. The fourth-order valence-corrected chi connectivity index (χ4v) is 3.43. The summed E-state index contributed by atoms with van der Waals surface area (Å²) < 4.78 is 26.2. The van der Waals surface area contributed by atoms with E-state index in [4.69, 9.17) is 0 Å². The van der Waals surface area contributed by atoms with Crippen molar-refractivity contribution in [2.24, 2.45) is 0 Å². The number of hydrogen-bond donors (Lipinski definition) is 1. The molecule has 0 fully saturated rings. The Kier molecular flexibility index (Phi) is 3.35. The minimum Gasteiger partial charge on any atom is -0.545 e. The third kappa shape index (κ3) is 2.52. The van der Waals surface area contributed by atoms with E-state index in [2.05, 4.69) is 4.72 Å². The lowest BCUT2D eigenvalue weighted by Gasteiger charge is -2.11. The van der Waals surface area contributed by atoms with E-state index in [0.717, 1.165) is 11.3 Å². The van der Waals surface area contributed by atoms with Crippen LogP contribution in [0.1, 0.15) is 10.4 Å². The summed E-state index contributed by atoms with van der Waals surface area (Å²) in [7, 11) is -3.75. The molecule has 7 heteroatoms. The fraction of sp³-hybridized carbons (Fsp3) is 0. The summed E-state index contributed by atoms with van der Waals surface area (Å²) in [6.07, 6.45) is 0. The number of sulfonamides is 1. The fourth-order valence-electron chi connectivity index (χ4n) is 1.36. The van der Waals surface area contributed by atoms with Crippen molar-refractivity contribution >= 4 is 33.0 Å². The van der Waals surface area contributed by atoms with Crippen molar-refractivity contribution in [2.75, 3.05) is 4.72 Å². The van der Waals surface area contributed by atoms with Crippen LogP contribution in [0.3, 0.4) is 0 Å². The Balaban J connectivity index is 2.39. The molecule has 0 aliphatic heterocycles. The average molecular weight is 282 g/mol. The maximum Gasteiger partial charge on any atom is 0.271 e. The van der Waals surface area contributed by atoms with Gasteiger partial charge >= 0.3 is 0 Å². The van der Waals surface area contributed by atoms with Gasteiger partial charge < -0.3 is 9.90 Å².